The summed E-state index contributed by atoms with van der Waals surface area (Å²) in [5.41, 5.74) is 0.426. The molecule has 3 rings (SSSR count). The molecule has 1 aromatic heterocycles. The number of aromatic nitrogens is 1. The predicted octanol–water partition coefficient (Wildman–Crippen LogP) is 1.97. The molecule has 0 spiro atoms. The van der Waals surface area contributed by atoms with E-state index in [0.717, 1.165) is 43.2 Å². The minimum Gasteiger partial charge on any atom is -0.348 e. The van der Waals surface area contributed by atoms with Gasteiger partial charge in [0.15, 0.2) is 0 Å². The highest BCUT2D eigenvalue weighted by Gasteiger charge is 2.35. The molecule has 5 nitrogen and oxygen atoms in total. The Morgan fingerprint density at radius 2 is 1.90 bits per heavy atom. The van der Waals surface area contributed by atoms with Crippen molar-refractivity contribution in [3.05, 3.63) is 28.5 Å². The number of nitrogens with one attached hydrogen (secondary N) is 1. The lowest BCUT2D eigenvalue weighted by Gasteiger charge is -2.32. The highest BCUT2D eigenvalue weighted by atomic mass is 79.9. The Hall–Kier alpha value is -1.43. The minimum atomic E-state index is -0.144. The summed E-state index contributed by atoms with van der Waals surface area (Å²) >= 11 is 3.30. The fourth-order valence-electron chi connectivity index (χ4n) is 2.60. The van der Waals surface area contributed by atoms with Crippen LogP contribution in [-0.4, -0.2) is 40.8 Å². The first kappa shape index (κ1) is 14.5. The highest BCUT2D eigenvalue weighted by molar-refractivity contribution is 9.10. The van der Waals surface area contributed by atoms with Crippen molar-refractivity contribution in [3.8, 4) is 0 Å². The Labute approximate surface area is 132 Å². The number of carbonyl (C=O) groups excluding carboxylic acids is 2. The Kier molecular flexibility index (Phi) is 4.24. The van der Waals surface area contributed by atoms with E-state index >= 15 is 0 Å². The van der Waals surface area contributed by atoms with Gasteiger partial charge in [0.25, 0.3) is 5.91 Å². The van der Waals surface area contributed by atoms with Gasteiger partial charge in [-0.05, 0) is 53.7 Å². The van der Waals surface area contributed by atoms with Crippen molar-refractivity contribution in [2.75, 3.05) is 13.1 Å². The SMILES string of the molecule is O=C(NC1CCN(C(=O)C2CC2)CC1)c1ccc(Br)cn1. The number of carbonyl (C=O) groups is 2. The van der Waals surface area contributed by atoms with Gasteiger partial charge >= 0.3 is 0 Å². The Bertz CT molecular complexity index is 534. The standard InChI is InChI=1S/C15H18BrN3O2/c16-11-3-4-13(17-9-11)14(20)18-12-5-7-19(8-6-12)15(21)10-1-2-10/h3-4,9-10,12H,1-2,5-8H2,(H,18,20). The van der Waals surface area contributed by atoms with Crippen molar-refractivity contribution in [1.29, 1.82) is 0 Å². The second-order valence-electron chi connectivity index (χ2n) is 5.71. The number of rotatable bonds is 3. The van der Waals surface area contributed by atoms with Crippen LogP contribution in [0.2, 0.25) is 0 Å². The summed E-state index contributed by atoms with van der Waals surface area (Å²) in [6.45, 7) is 1.49. The van der Waals surface area contributed by atoms with Crippen LogP contribution < -0.4 is 5.32 Å². The monoisotopic (exact) mass is 351 g/mol. The molecule has 2 fully saturated rings. The van der Waals surface area contributed by atoms with Crippen LogP contribution >= 0.6 is 15.9 Å². The Morgan fingerprint density at radius 1 is 1.19 bits per heavy atom. The van der Waals surface area contributed by atoms with E-state index in [1.54, 1.807) is 18.3 Å². The largest absolute Gasteiger partial charge is 0.348 e. The quantitative estimate of drug-likeness (QED) is 0.905. The van der Waals surface area contributed by atoms with Gasteiger partial charge in [-0.25, -0.2) is 4.98 Å². The molecule has 0 unspecified atom stereocenters. The first-order chi connectivity index (χ1) is 10.1. The molecule has 0 bridgehead atoms. The summed E-state index contributed by atoms with van der Waals surface area (Å²) in [4.78, 5) is 30.1. The maximum Gasteiger partial charge on any atom is 0.270 e. The van der Waals surface area contributed by atoms with E-state index in [0.29, 0.717) is 11.6 Å². The lowest BCUT2D eigenvalue weighted by Crippen LogP contribution is -2.47. The predicted molar refractivity (Wildman–Crippen MR) is 81.7 cm³/mol. The molecule has 0 atom stereocenters. The van der Waals surface area contributed by atoms with Gasteiger partial charge in [-0.3, -0.25) is 9.59 Å². The van der Waals surface area contributed by atoms with E-state index < -0.39 is 0 Å². The molecule has 6 heteroatoms. The zero-order valence-corrected chi connectivity index (χ0v) is 13.3. The molecule has 2 amide bonds. The molecular weight excluding hydrogens is 334 g/mol. The third-order valence-corrected chi connectivity index (χ3v) is 4.50. The lowest BCUT2D eigenvalue weighted by atomic mass is 10.0. The van der Waals surface area contributed by atoms with Crippen molar-refractivity contribution in [2.24, 2.45) is 5.92 Å². The second-order valence-corrected chi connectivity index (χ2v) is 6.62. The molecule has 1 aliphatic carbocycles. The molecule has 0 radical (unpaired) electrons. The van der Waals surface area contributed by atoms with Gasteiger partial charge in [0.05, 0.1) is 0 Å². The van der Waals surface area contributed by atoms with Gasteiger partial charge in [-0.1, -0.05) is 0 Å². The van der Waals surface area contributed by atoms with Crippen molar-refractivity contribution < 1.29 is 9.59 Å². The number of amides is 2. The van der Waals surface area contributed by atoms with Gasteiger partial charge in [-0.15, -0.1) is 0 Å². The van der Waals surface area contributed by atoms with Crippen molar-refractivity contribution >= 4 is 27.7 Å². The number of hydrogen-bond donors (Lipinski definition) is 1. The van der Waals surface area contributed by atoms with E-state index in [4.69, 9.17) is 0 Å². The maximum absolute atomic E-state index is 12.1. The summed E-state index contributed by atoms with van der Waals surface area (Å²) in [6, 6.07) is 3.63. The molecule has 1 aliphatic heterocycles. The highest BCUT2D eigenvalue weighted by Crippen LogP contribution is 2.31. The maximum atomic E-state index is 12.1. The molecule has 2 aliphatic rings. The van der Waals surface area contributed by atoms with Crippen molar-refractivity contribution in [2.45, 2.75) is 31.7 Å². The summed E-state index contributed by atoms with van der Waals surface area (Å²) in [6.07, 6.45) is 5.35. The molecule has 1 saturated heterocycles. The third-order valence-electron chi connectivity index (χ3n) is 4.03. The zero-order chi connectivity index (χ0) is 14.8. The normalized spacial score (nSPS) is 19.4. The molecule has 2 heterocycles. The molecule has 1 N–H and O–H groups in total. The Balaban J connectivity index is 1.49. The van der Waals surface area contributed by atoms with Gasteiger partial charge in [0, 0.05) is 35.7 Å². The smallest absolute Gasteiger partial charge is 0.270 e. The second kappa shape index (κ2) is 6.13. The third kappa shape index (κ3) is 3.61. The van der Waals surface area contributed by atoms with E-state index in [1.807, 2.05) is 4.90 Å². The lowest BCUT2D eigenvalue weighted by molar-refractivity contribution is -0.133. The number of nitrogens with zero attached hydrogens (tertiary/aromatic N) is 2. The van der Waals surface area contributed by atoms with Crippen LogP contribution in [0.3, 0.4) is 0 Å². The average Bonchev–Trinajstić information content (AvgIpc) is 3.32. The van der Waals surface area contributed by atoms with E-state index in [9.17, 15) is 9.59 Å². The first-order valence-electron chi connectivity index (χ1n) is 7.34. The van der Waals surface area contributed by atoms with Crippen molar-refractivity contribution in [3.63, 3.8) is 0 Å². The molecule has 1 aromatic rings. The molecule has 21 heavy (non-hydrogen) atoms. The van der Waals surface area contributed by atoms with Crippen LogP contribution in [0.4, 0.5) is 0 Å². The zero-order valence-electron chi connectivity index (χ0n) is 11.7. The minimum absolute atomic E-state index is 0.131. The van der Waals surface area contributed by atoms with Crippen LogP contribution in [0.1, 0.15) is 36.2 Å². The number of halogens is 1. The van der Waals surface area contributed by atoms with Gasteiger partial charge in [0.1, 0.15) is 5.69 Å². The van der Waals surface area contributed by atoms with Crippen LogP contribution in [0.15, 0.2) is 22.8 Å². The fraction of sp³-hybridized carbons (Fsp3) is 0.533. The van der Waals surface area contributed by atoms with Gasteiger partial charge in [0.2, 0.25) is 5.91 Å². The molecule has 112 valence electrons. The number of likely N-dealkylation sites (tertiary alicyclic amines) is 1. The van der Waals surface area contributed by atoms with E-state index in [-0.39, 0.29) is 17.9 Å². The van der Waals surface area contributed by atoms with Crippen molar-refractivity contribution in [1.82, 2.24) is 15.2 Å². The van der Waals surface area contributed by atoms with Gasteiger partial charge in [-0.2, -0.15) is 0 Å². The summed E-state index contributed by atoms with van der Waals surface area (Å²) in [5, 5.41) is 3.00. The van der Waals surface area contributed by atoms with Crippen LogP contribution in [0.5, 0.6) is 0 Å². The summed E-state index contributed by atoms with van der Waals surface area (Å²) < 4.78 is 0.853. The van der Waals surface area contributed by atoms with E-state index in [1.165, 1.54) is 0 Å². The molecular formula is C15H18BrN3O2. The van der Waals surface area contributed by atoms with Crippen LogP contribution in [0, 0.1) is 5.92 Å². The number of hydrogen-bond acceptors (Lipinski definition) is 3. The fourth-order valence-corrected chi connectivity index (χ4v) is 2.84. The average molecular weight is 352 g/mol. The first-order valence-corrected chi connectivity index (χ1v) is 8.14. The Morgan fingerprint density at radius 3 is 2.48 bits per heavy atom. The summed E-state index contributed by atoms with van der Waals surface area (Å²) in [5.74, 6) is 0.437. The van der Waals surface area contributed by atoms with Crippen LogP contribution in [0.25, 0.3) is 0 Å². The van der Waals surface area contributed by atoms with Gasteiger partial charge < -0.3 is 10.2 Å². The number of pyridine rings is 1. The molecule has 0 aromatic carbocycles. The summed E-state index contributed by atoms with van der Waals surface area (Å²) in [7, 11) is 0. The topological polar surface area (TPSA) is 62.3 Å². The number of piperidine rings is 1. The van der Waals surface area contributed by atoms with Crippen LogP contribution in [-0.2, 0) is 4.79 Å². The van der Waals surface area contributed by atoms with E-state index in [2.05, 4.69) is 26.2 Å². The molecule has 1 saturated carbocycles.